The quantitative estimate of drug-likeness (QED) is 0.537. The molecule has 0 unspecified atom stereocenters. The van der Waals surface area contributed by atoms with Crippen LogP contribution in [0.15, 0.2) is 24.3 Å². The Bertz CT molecular complexity index is 1470. The number of fused-ring (bicyclic) bond motifs is 3. The Morgan fingerprint density at radius 2 is 2.06 bits per heavy atom. The highest BCUT2D eigenvalue weighted by Gasteiger charge is 2.32. The summed E-state index contributed by atoms with van der Waals surface area (Å²) >= 11 is 0. The summed E-state index contributed by atoms with van der Waals surface area (Å²) in [5, 5.41) is 19.8. The van der Waals surface area contributed by atoms with E-state index in [4.69, 9.17) is 8.22 Å². The number of hydrogen-bond donors (Lipinski definition) is 3. The number of anilines is 4. The summed E-state index contributed by atoms with van der Waals surface area (Å²) in [5.41, 5.74) is 1.07. The lowest BCUT2D eigenvalue weighted by atomic mass is 10.1. The minimum Gasteiger partial charge on any atom is -0.361 e. The number of rotatable bonds is 5. The van der Waals surface area contributed by atoms with Gasteiger partial charge in [-0.2, -0.15) is 5.10 Å². The van der Waals surface area contributed by atoms with Crippen LogP contribution in [0.1, 0.15) is 56.1 Å². The summed E-state index contributed by atoms with van der Waals surface area (Å²) in [5.74, 6) is -0.648. The van der Waals surface area contributed by atoms with Gasteiger partial charge in [-0.15, -0.1) is 10.2 Å². The Morgan fingerprint density at radius 1 is 1.21 bits per heavy atom. The van der Waals surface area contributed by atoms with Gasteiger partial charge in [-0.25, -0.2) is 9.67 Å². The summed E-state index contributed by atoms with van der Waals surface area (Å²) in [6.45, 7) is -3.57. The van der Waals surface area contributed by atoms with Gasteiger partial charge in [0.2, 0.25) is 5.91 Å². The second kappa shape index (κ2) is 7.84. The first kappa shape index (κ1) is 14.9. The van der Waals surface area contributed by atoms with Gasteiger partial charge < -0.3 is 20.9 Å². The van der Waals surface area contributed by atoms with E-state index in [1.54, 1.807) is 37.1 Å². The molecule has 0 radical (unpaired) electrons. The molecule has 1 saturated carbocycles. The zero-order chi connectivity index (χ0) is 28.3. The number of aryl methyl sites for hydroxylation is 1. The van der Waals surface area contributed by atoms with Crippen LogP contribution < -0.4 is 20.9 Å². The summed E-state index contributed by atoms with van der Waals surface area (Å²) < 4.78 is 48.1. The van der Waals surface area contributed by atoms with Gasteiger partial charge in [0.15, 0.2) is 17.3 Å². The van der Waals surface area contributed by atoms with Crippen molar-refractivity contribution in [1.29, 1.82) is 0 Å². The highest BCUT2D eigenvalue weighted by molar-refractivity contribution is 6.00. The van der Waals surface area contributed by atoms with Crippen LogP contribution in [0.2, 0.25) is 0 Å². The van der Waals surface area contributed by atoms with E-state index in [1.165, 1.54) is 10.7 Å². The van der Waals surface area contributed by atoms with Crippen molar-refractivity contribution in [2.45, 2.75) is 32.7 Å². The molecule has 33 heavy (non-hydrogen) atoms. The Labute approximate surface area is 199 Å². The van der Waals surface area contributed by atoms with Crippen molar-refractivity contribution in [3.8, 4) is 5.69 Å². The van der Waals surface area contributed by atoms with Crippen molar-refractivity contribution in [3.05, 3.63) is 41.6 Å². The van der Waals surface area contributed by atoms with E-state index in [2.05, 4.69) is 30.9 Å². The highest BCUT2D eigenvalue weighted by Crippen LogP contribution is 2.42. The molecular weight excluding hydrogens is 422 g/mol. The van der Waals surface area contributed by atoms with Crippen LogP contribution in [0.3, 0.4) is 0 Å². The molecule has 0 saturated heterocycles. The molecule has 2 aromatic heterocycles. The molecule has 0 spiro atoms. The van der Waals surface area contributed by atoms with E-state index in [0.29, 0.717) is 22.9 Å². The molecule has 1 aromatic carbocycles. The number of hydrogen-bond acceptors (Lipinski definition) is 8. The van der Waals surface area contributed by atoms with E-state index in [1.807, 2.05) is 5.32 Å². The predicted molar refractivity (Wildman–Crippen MR) is 123 cm³/mol. The van der Waals surface area contributed by atoms with E-state index in [9.17, 15) is 9.59 Å². The van der Waals surface area contributed by atoms with E-state index >= 15 is 0 Å². The number of nitrogens with zero attached hydrogens (tertiary/aromatic N) is 6. The number of nitrogens with one attached hydrogen (secondary N) is 3. The average molecular weight is 454 g/mol. The third kappa shape index (κ3) is 3.65. The number of carbonyl (C=O) groups excluding carboxylic acids is 2. The van der Waals surface area contributed by atoms with Gasteiger partial charge in [0, 0.05) is 34.2 Å². The van der Waals surface area contributed by atoms with Crippen LogP contribution in [0.4, 0.5) is 22.9 Å². The molecule has 1 aliphatic carbocycles. The Morgan fingerprint density at radius 3 is 2.82 bits per heavy atom. The van der Waals surface area contributed by atoms with Gasteiger partial charge in [0.1, 0.15) is 5.82 Å². The summed E-state index contributed by atoms with van der Waals surface area (Å²) in [7, 11) is 1.61. The van der Waals surface area contributed by atoms with Crippen LogP contribution in [0, 0.1) is 12.8 Å². The smallest absolute Gasteiger partial charge is 0.273 e. The van der Waals surface area contributed by atoms with Crippen LogP contribution in [0.5, 0.6) is 0 Å². The van der Waals surface area contributed by atoms with Crippen molar-refractivity contribution in [3.63, 3.8) is 0 Å². The molecule has 1 fully saturated rings. The first-order valence-corrected chi connectivity index (χ1v) is 10.3. The molecular formula is C22H25N9O2. The van der Waals surface area contributed by atoms with Crippen molar-refractivity contribution in [2.75, 3.05) is 29.6 Å². The topological polar surface area (TPSA) is 130 Å². The zero-order valence-electron chi connectivity index (χ0n) is 23.9. The van der Waals surface area contributed by atoms with Gasteiger partial charge in [0.05, 0.1) is 28.8 Å². The molecule has 0 bridgehead atoms. The monoisotopic (exact) mass is 453 g/mol. The van der Waals surface area contributed by atoms with Gasteiger partial charge in [0.25, 0.3) is 5.91 Å². The predicted octanol–water partition coefficient (Wildman–Crippen LogP) is 2.33. The third-order valence-corrected chi connectivity index (χ3v) is 5.56. The van der Waals surface area contributed by atoms with Crippen LogP contribution in [-0.2, 0) is 4.79 Å². The molecule has 2 aliphatic rings. The first-order chi connectivity index (χ1) is 18.2. The fourth-order valence-corrected chi connectivity index (χ4v) is 3.76. The van der Waals surface area contributed by atoms with Crippen molar-refractivity contribution >= 4 is 34.7 Å². The van der Waals surface area contributed by atoms with Crippen LogP contribution in [0.25, 0.3) is 5.69 Å². The fraction of sp³-hybridized carbons (Fsp3) is 0.364. The van der Waals surface area contributed by atoms with Crippen molar-refractivity contribution in [1.82, 2.24) is 30.3 Å². The minimum absolute atomic E-state index is 0.0469. The van der Waals surface area contributed by atoms with Gasteiger partial charge >= 0.3 is 0 Å². The van der Waals surface area contributed by atoms with E-state index in [0.717, 1.165) is 12.8 Å². The van der Waals surface area contributed by atoms with E-state index in [-0.39, 0.29) is 34.8 Å². The molecule has 11 nitrogen and oxygen atoms in total. The molecule has 3 heterocycles. The summed E-state index contributed by atoms with van der Waals surface area (Å²) in [6.07, 6.45) is 1.53. The second-order valence-corrected chi connectivity index (χ2v) is 7.95. The van der Waals surface area contributed by atoms with Crippen LogP contribution >= 0.6 is 0 Å². The lowest BCUT2D eigenvalue weighted by Crippen LogP contribution is -2.31. The lowest BCUT2D eigenvalue weighted by molar-refractivity contribution is -0.117. The zero-order valence-corrected chi connectivity index (χ0v) is 17.9. The van der Waals surface area contributed by atoms with Gasteiger partial charge in [-0.1, -0.05) is 6.07 Å². The van der Waals surface area contributed by atoms with Crippen molar-refractivity contribution in [2.24, 2.45) is 5.92 Å². The molecule has 1 atom stereocenters. The molecule has 170 valence electrons. The molecule has 3 N–H and O–H groups in total. The van der Waals surface area contributed by atoms with Crippen molar-refractivity contribution < 1.29 is 17.8 Å². The average Bonchev–Trinajstić information content (AvgIpc) is 3.59. The number of amides is 2. The maximum absolute atomic E-state index is 12.8. The second-order valence-electron chi connectivity index (χ2n) is 7.95. The Balaban J connectivity index is 1.60. The fourth-order valence-electron chi connectivity index (χ4n) is 3.76. The third-order valence-electron chi connectivity index (χ3n) is 5.56. The maximum Gasteiger partial charge on any atom is 0.273 e. The SMILES string of the molecule is [2H]C([2H])([2H])NC(=O)c1nnc(NC(=O)C2CC2)cc1Nc1cccc2c1N(C)[C@H](C([2H])([2H])[2H])c1nc(C)nn1-2. The maximum atomic E-state index is 12.8. The standard InChI is InChI=1S/C22H25N9O2/c1-11-20-24-12(2)29-31(20)16-7-5-6-14(19(16)30(11)4)25-15-10-17(26-21(32)13-8-9-13)27-28-18(15)22(33)23-3/h5-7,10-11,13H,8-9H2,1-4H3,(H,23,33)(H2,25,26,27,32)/t11-/m1/s1/i1D3,3D3. The highest BCUT2D eigenvalue weighted by atomic mass is 16.2. The normalized spacial score (nSPS) is 20.1. The molecule has 5 rings (SSSR count). The first-order valence-electron chi connectivity index (χ1n) is 13.3. The summed E-state index contributed by atoms with van der Waals surface area (Å²) in [4.78, 5) is 31.0. The lowest BCUT2D eigenvalue weighted by Gasteiger charge is -2.34. The Hall–Kier alpha value is -4.02. The molecule has 1 aliphatic heterocycles. The largest absolute Gasteiger partial charge is 0.361 e. The Kier molecular flexibility index (Phi) is 3.55. The number of para-hydroxylation sites is 1. The number of benzene rings is 1. The number of carbonyl (C=O) groups is 2. The minimum atomic E-state index is -2.78. The molecule has 3 aromatic rings. The van der Waals surface area contributed by atoms with E-state index < -0.39 is 25.8 Å². The number of aromatic nitrogens is 5. The van der Waals surface area contributed by atoms with Gasteiger partial charge in [-0.05, 0) is 38.8 Å². The summed E-state index contributed by atoms with van der Waals surface area (Å²) in [6, 6.07) is 5.36. The molecule has 2 amide bonds. The van der Waals surface area contributed by atoms with Crippen LogP contribution in [-0.4, -0.2) is 50.8 Å². The molecule has 11 heteroatoms. The van der Waals surface area contributed by atoms with Gasteiger partial charge in [-0.3, -0.25) is 9.59 Å².